The van der Waals surface area contributed by atoms with Gasteiger partial charge in [-0.2, -0.15) is 0 Å². The van der Waals surface area contributed by atoms with Gasteiger partial charge in [-0.3, -0.25) is 0 Å². The van der Waals surface area contributed by atoms with Crippen molar-refractivity contribution in [1.82, 2.24) is 4.98 Å². The summed E-state index contributed by atoms with van der Waals surface area (Å²) >= 11 is 0. The maximum absolute atomic E-state index is 11.5. The second kappa shape index (κ2) is 4.37. The third-order valence-corrected chi connectivity index (χ3v) is 2.47. The number of rotatable bonds is 3. The van der Waals surface area contributed by atoms with Crippen molar-refractivity contribution in [2.45, 2.75) is 6.92 Å². The van der Waals surface area contributed by atoms with Gasteiger partial charge in [0.2, 0.25) is 0 Å². The number of fused-ring (bicyclic) bond motifs is 1. The van der Waals surface area contributed by atoms with Crippen LogP contribution in [0.15, 0.2) is 18.2 Å². The summed E-state index contributed by atoms with van der Waals surface area (Å²) < 4.78 is 10.0. The topological polar surface area (TPSA) is 77.3 Å². The van der Waals surface area contributed by atoms with Gasteiger partial charge in [-0.05, 0) is 25.1 Å². The second-order valence-corrected chi connectivity index (χ2v) is 3.58. The molecule has 0 aliphatic heterocycles. The zero-order valence-corrected chi connectivity index (χ0v) is 9.74. The molecule has 2 rings (SSSR count). The van der Waals surface area contributed by atoms with E-state index >= 15 is 0 Å². The smallest absolute Gasteiger partial charge is 0.354 e. The lowest BCUT2D eigenvalue weighted by atomic mass is 10.2. The molecular weight excluding hydrogens is 220 g/mol. The average Bonchev–Trinajstić information content (AvgIpc) is 2.71. The summed E-state index contributed by atoms with van der Waals surface area (Å²) in [6, 6.07) is 5.23. The molecule has 2 aromatic rings. The van der Waals surface area contributed by atoms with Crippen LogP contribution in [-0.4, -0.2) is 24.7 Å². The Balaban J connectivity index is 2.47. The van der Waals surface area contributed by atoms with Gasteiger partial charge in [0.1, 0.15) is 11.4 Å². The van der Waals surface area contributed by atoms with E-state index in [0.717, 1.165) is 10.9 Å². The van der Waals surface area contributed by atoms with Crippen LogP contribution in [-0.2, 0) is 4.74 Å². The molecule has 0 radical (unpaired) electrons. The number of hydrogen-bond acceptors (Lipinski definition) is 4. The standard InChI is InChI=1S/C12H14N2O3/c1-3-17-12(15)10-4-7-5-11(16-2)8(13)6-9(7)14-10/h4-6,14H,3,13H2,1-2H3. The van der Waals surface area contributed by atoms with Crippen molar-refractivity contribution in [2.24, 2.45) is 0 Å². The summed E-state index contributed by atoms with van der Waals surface area (Å²) in [6.45, 7) is 2.11. The molecule has 0 aliphatic rings. The third kappa shape index (κ3) is 2.04. The highest BCUT2D eigenvalue weighted by molar-refractivity contribution is 5.96. The summed E-state index contributed by atoms with van der Waals surface area (Å²) in [5, 5.41) is 0.860. The van der Waals surface area contributed by atoms with Crippen LogP contribution >= 0.6 is 0 Å². The Labute approximate surface area is 98.5 Å². The molecule has 1 aromatic carbocycles. The number of benzene rings is 1. The number of anilines is 1. The molecule has 0 fully saturated rings. The molecule has 17 heavy (non-hydrogen) atoms. The Morgan fingerprint density at radius 1 is 1.41 bits per heavy atom. The number of H-pyrrole nitrogens is 1. The molecule has 0 saturated heterocycles. The van der Waals surface area contributed by atoms with Crippen LogP contribution in [0.1, 0.15) is 17.4 Å². The van der Waals surface area contributed by atoms with Crippen LogP contribution in [0.25, 0.3) is 10.9 Å². The number of methoxy groups -OCH3 is 1. The maximum atomic E-state index is 11.5. The third-order valence-electron chi connectivity index (χ3n) is 2.47. The number of nitrogens with one attached hydrogen (secondary N) is 1. The van der Waals surface area contributed by atoms with E-state index in [9.17, 15) is 4.79 Å². The van der Waals surface area contributed by atoms with Gasteiger partial charge in [0, 0.05) is 10.9 Å². The number of nitrogens with two attached hydrogens (primary N) is 1. The first-order valence-corrected chi connectivity index (χ1v) is 5.29. The zero-order valence-electron chi connectivity index (χ0n) is 9.74. The number of aromatic nitrogens is 1. The predicted octanol–water partition coefficient (Wildman–Crippen LogP) is 1.94. The molecule has 5 nitrogen and oxygen atoms in total. The van der Waals surface area contributed by atoms with E-state index in [-0.39, 0.29) is 5.97 Å². The van der Waals surface area contributed by atoms with E-state index in [0.29, 0.717) is 23.7 Å². The molecule has 0 unspecified atom stereocenters. The number of nitrogen functional groups attached to an aromatic ring is 1. The highest BCUT2D eigenvalue weighted by atomic mass is 16.5. The Morgan fingerprint density at radius 2 is 2.18 bits per heavy atom. The Hall–Kier alpha value is -2.17. The molecule has 5 heteroatoms. The number of esters is 1. The monoisotopic (exact) mass is 234 g/mol. The van der Waals surface area contributed by atoms with Gasteiger partial charge >= 0.3 is 5.97 Å². The van der Waals surface area contributed by atoms with Gasteiger partial charge in [-0.25, -0.2) is 4.79 Å². The highest BCUT2D eigenvalue weighted by Gasteiger charge is 2.11. The van der Waals surface area contributed by atoms with E-state index < -0.39 is 0 Å². The quantitative estimate of drug-likeness (QED) is 0.628. The lowest BCUT2D eigenvalue weighted by Gasteiger charge is -2.03. The molecule has 0 atom stereocenters. The minimum absolute atomic E-state index is 0.347. The average molecular weight is 234 g/mol. The van der Waals surface area contributed by atoms with E-state index in [4.69, 9.17) is 15.2 Å². The summed E-state index contributed by atoms with van der Waals surface area (Å²) in [4.78, 5) is 14.5. The minimum Gasteiger partial charge on any atom is -0.495 e. The van der Waals surface area contributed by atoms with Gasteiger partial charge < -0.3 is 20.2 Å². The number of carbonyl (C=O) groups is 1. The van der Waals surface area contributed by atoms with Gasteiger partial charge in [0.05, 0.1) is 19.4 Å². The van der Waals surface area contributed by atoms with Crippen molar-refractivity contribution in [3.8, 4) is 5.75 Å². The largest absolute Gasteiger partial charge is 0.495 e. The highest BCUT2D eigenvalue weighted by Crippen LogP contribution is 2.28. The van der Waals surface area contributed by atoms with E-state index in [1.165, 1.54) is 0 Å². The zero-order chi connectivity index (χ0) is 12.4. The van der Waals surface area contributed by atoms with Crippen molar-refractivity contribution in [3.05, 3.63) is 23.9 Å². The molecule has 0 saturated carbocycles. The van der Waals surface area contributed by atoms with E-state index in [1.54, 1.807) is 32.2 Å². The second-order valence-electron chi connectivity index (χ2n) is 3.58. The number of carbonyl (C=O) groups excluding carboxylic acids is 1. The molecule has 3 N–H and O–H groups in total. The van der Waals surface area contributed by atoms with Crippen LogP contribution in [0.5, 0.6) is 5.75 Å². The van der Waals surface area contributed by atoms with Crippen LogP contribution in [0.4, 0.5) is 5.69 Å². The lowest BCUT2D eigenvalue weighted by molar-refractivity contribution is 0.0520. The molecule has 0 spiro atoms. The molecule has 1 heterocycles. The fourth-order valence-corrected chi connectivity index (χ4v) is 1.67. The fraction of sp³-hybridized carbons (Fsp3) is 0.250. The van der Waals surface area contributed by atoms with Gasteiger partial charge in [-0.15, -0.1) is 0 Å². The van der Waals surface area contributed by atoms with Crippen LogP contribution < -0.4 is 10.5 Å². The fourth-order valence-electron chi connectivity index (χ4n) is 1.67. The number of ether oxygens (including phenoxy) is 2. The first kappa shape index (κ1) is 11.3. The first-order valence-electron chi connectivity index (χ1n) is 5.29. The summed E-state index contributed by atoms with van der Waals surface area (Å²) in [5.41, 5.74) is 7.50. The molecule has 0 amide bonds. The Bertz CT molecular complexity index is 560. The Kier molecular flexibility index (Phi) is 2.91. The first-order chi connectivity index (χ1) is 8.15. The van der Waals surface area contributed by atoms with Gasteiger partial charge in [0.25, 0.3) is 0 Å². The Morgan fingerprint density at radius 3 is 2.82 bits per heavy atom. The summed E-state index contributed by atoms with van der Waals surface area (Å²) in [5.74, 6) is 0.216. The maximum Gasteiger partial charge on any atom is 0.354 e. The number of aromatic amines is 1. The van der Waals surface area contributed by atoms with Gasteiger partial charge in [0.15, 0.2) is 0 Å². The van der Waals surface area contributed by atoms with Crippen LogP contribution in [0, 0.1) is 0 Å². The van der Waals surface area contributed by atoms with Crippen molar-refractivity contribution in [2.75, 3.05) is 19.5 Å². The van der Waals surface area contributed by atoms with Crippen molar-refractivity contribution in [3.63, 3.8) is 0 Å². The van der Waals surface area contributed by atoms with Crippen molar-refractivity contribution < 1.29 is 14.3 Å². The van der Waals surface area contributed by atoms with Crippen molar-refractivity contribution in [1.29, 1.82) is 0 Å². The van der Waals surface area contributed by atoms with Gasteiger partial charge in [-0.1, -0.05) is 0 Å². The predicted molar refractivity (Wildman–Crippen MR) is 65.2 cm³/mol. The molecule has 1 aromatic heterocycles. The normalized spacial score (nSPS) is 10.5. The molecule has 0 aliphatic carbocycles. The van der Waals surface area contributed by atoms with E-state index in [2.05, 4.69) is 4.98 Å². The lowest BCUT2D eigenvalue weighted by Crippen LogP contribution is -2.04. The summed E-state index contributed by atoms with van der Waals surface area (Å²) in [6.07, 6.45) is 0. The SMILES string of the molecule is CCOC(=O)c1cc2cc(OC)c(N)cc2[nH]1. The van der Waals surface area contributed by atoms with Crippen LogP contribution in [0.3, 0.4) is 0 Å². The minimum atomic E-state index is -0.374. The number of hydrogen-bond donors (Lipinski definition) is 2. The van der Waals surface area contributed by atoms with Crippen molar-refractivity contribution >= 4 is 22.6 Å². The summed E-state index contributed by atoms with van der Waals surface area (Å²) in [7, 11) is 1.55. The molecule has 90 valence electrons. The van der Waals surface area contributed by atoms with E-state index in [1.807, 2.05) is 0 Å². The van der Waals surface area contributed by atoms with Crippen LogP contribution in [0.2, 0.25) is 0 Å². The molecule has 0 bridgehead atoms. The molecular formula is C12H14N2O3.